The van der Waals surface area contributed by atoms with Gasteiger partial charge in [-0.25, -0.2) is 0 Å². The highest BCUT2D eigenvalue weighted by Gasteiger charge is 2.10. The lowest BCUT2D eigenvalue weighted by atomic mass is 10.1. The van der Waals surface area contributed by atoms with Crippen molar-refractivity contribution in [1.82, 2.24) is 0 Å². The number of rotatable bonds is 0. The topological polar surface area (TPSA) is 74.2 Å². The van der Waals surface area contributed by atoms with Gasteiger partial charge < -0.3 is 9.52 Å². The first kappa shape index (κ1) is 9.28. The fourth-order valence-electron chi connectivity index (χ4n) is 1.42. The average Bonchev–Trinajstić information content (AvgIpc) is 2.17. The number of aryl methyl sites for hydroxylation is 1. The Labute approximate surface area is 85.0 Å². The molecule has 0 aliphatic heterocycles. The summed E-state index contributed by atoms with van der Waals surface area (Å²) in [5.41, 5.74) is -0.0686. The largest absolute Gasteiger partial charge is 0.508 e. The summed E-state index contributed by atoms with van der Waals surface area (Å²) in [4.78, 5) is 11.7. The van der Waals surface area contributed by atoms with E-state index in [2.05, 4.69) is 0 Å². The Bertz CT molecular complexity index is 635. The molecule has 0 fully saturated rings. The maximum absolute atomic E-state index is 11.7. The molecule has 0 spiro atoms. The van der Waals surface area contributed by atoms with Gasteiger partial charge in [0.2, 0.25) is 5.43 Å². The van der Waals surface area contributed by atoms with Gasteiger partial charge >= 0.3 is 0 Å². The summed E-state index contributed by atoms with van der Waals surface area (Å²) in [5, 5.41) is 18.3. The van der Waals surface area contributed by atoms with Gasteiger partial charge in [-0.15, -0.1) is 0 Å². The van der Waals surface area contributed by atoms with E-state index in [9.17, 15) is 9.90 Å². The van der Waals surface area contributed by atoms with E-state index in [1.807, 2.05) is 0 Å². The summed E-state index contributed by atoms with van der Waals surface area (Å²) in [7, 11) is 0. The van der Waals surface area contributed by atoms with Crippen LogP contribution >= 0.6 is 0 Å². The summed E-state index contributed by atoms with van der Waals surface area (Å²) in [5.74, 6) is 0.287. The lowest BCUT2D eigenvalue weighted by Crippen LogP contribution is -2.07. The minimum absolute atomic E-state index is 0.00758. The lowest BCUT2D eigenvalue weighted by molar-refractivity contribution is 0.473. The van der Waals surface area contributed by atoms with Crippen LogP contribution in [0.2, 0.25) is 0 Å². The van der Waals surface area contributed by atoms with Crippen molar-refractivity contribution in [3.8, 4) is 11.8 Å². The van der Waals surface area contributed by atoms with Gasteiger partial charge in [0.05, 0.1) is 5.39 Å². The Morgan fingerprint density at radius 3 is 2.87 bits per heavy atom. The summed E-state index contributed by atoms with van der Waals surface area (Å²) < 4.78 is 5.26. The number of benzene rings is 1. The Hall–Kier alpha value is -2.28. The van der Waals surface area contributed by atoms with Gasteiger partial charge in [0, 0.05) is 6.07 Å². The van der Waals surface area contributed by atoms with Crippen LogP contribution in [0.1, 0.15) is 11.3 Å². The number of phenols is 1. The van der Waals surface area contributed by atoms with E-state index in [0.717, 1.165) is 0 Å². The van der Waals surface area contributed by atoms with Crippen LogP contribution in [0.15, 0.2) is 27.4 Å². The van der Waals surface area contributed by atoms with E-state index in [4.69, 9.17) is 9.68 Å². The Balaban J connectivity index is 2.99. The number of phenolic OH excluding ortho intramolecular Hbond substituents is 1. The average molecular weight is 201 g/mol. The smallest absolute Gasteiger partial charge is 0.210 e. The molecule has 1 heterocycles. The van der Waals surface area contributed by atoms with E-state index < -0.39 is 0 Å². The molecule has 4 heteroatoms. The second-order valence-corrected chi connectivity index (χ2v) is 3.15. The van der Waals surface area contributed by atoms with Crippen molar-refractivity contribution in [3.05, 3.63) is 39.7 Å². The molecule has 0 saturated carbocycles. The molecule has 0 radical (unpaired) electrons. The van der Waals surface area contributed by atoms with E-state index in [1.54, 1.807) is 13.0 Å². The van der Waals surface area contributed by atoms with Gasteiger partial charge in [0.15, 0.2) is 0 Å². The zero-order chi connectivity index (χ0) is 11.0. The highest BCUT2D eigenvalue weighted by Crippen LogP contribution is 2.19. The minimum Gasteiger partial charge on any atom is -0.508 e. The second kappa shape index (κ2) is 3.14. The van der Waals surface area contributed by atoms with Crippen LogP contribution in [0.25, 0.3) is 11.0 Å². The van der Waals surface area contributed by atoms with Crippen molar-refractivity contribution in [1.29, 1.82) is 5.26 Å². The van der Waals surface area contributed by atoms with Crippen molar-refractivity contribution in [2.45, 2.75) is 6.92 Å². The standard InChI is InChI=1S/C11H7NO3/c1-6-9(5-12)11(14)8-3-2-7(13)4-10(8)15-6/h2-4,13H,1H3. The Morgan fingerprint density at radius 2 is 2.20 bits per heavy atom. The summed E-state index contributed by atoms with van der Waals surface area (Å²) in [6.45, 7) is 1.55. The van der Waals surface area contributed by atoms with Crippen molar-refractivity contribution < 1.29 is 9.52 Å². The molecule has 0 aliphatic rings. The van der Waals surface area contributed by atoms with Gasteiger partial charge in [-0.3, -0.25) is 4.79 Å². The van der Waals surface area contributed by atoms with Crippen LogP contribution in [-0.4, -0.2) is 5.11 Å². The molecule has 1 aromatic carbocycles. The number of nitriles is 1. The summed E-state index contributed by atoms with van der Waals surface area (Å²) >= 11 is 0. The van der Waals surface area contributed by atoms with Crippen molar-refractivity contribution >= 4 is 11.0 Å². The number of hydrogen-bond acceptors (Lipinski definition) is 4. The molecule has 0 atom stereocenters. The third-order valence-corrected chi connectivity index (χ3v) is 2.16. The maximum Gasteiger partial charge on any atom is 0.210 e. The van der Waals surface area contributed by atoms with Crippen LogP contribution in [0.3, 0.4) is 0 Å². The summed E-state index contributed by atoms with van der Waals surface area (Å²) in [6, 6.07) is 5.98. The van der Waals surface area contributed by atoms with E-state index in [1.165, 1.54) is 18.2 Å². The first-order chi connectivity index (χ1) is 7.13. The number of hydrogen-bond donors (Lipinski definition) is 1. The number of fused-ring (bicyclic) bond motifs is 1. The highest BCUT2D eigenvalue weighted by atomic mass is 16.3. The predicted octanol–water partition coefficient (Wildman–Crippen LogP) is 1.68. The zero-order valence-corrected chi connectivity index (χ0v) is 7.94. The normalized spacial score (nSPS) is 10.1. The molecule has 0 aliphatic carbocycles. The number of aromatic hydroxyl groups is 1. The molecule has 0 unspecified atom stereocenters. The van der Waals surface area contributed by atoms with E-state index in [-0.39, 0.29) is 28.1 Å². The van der Waals surface area contributed by atoms with Gasteiger partial charge in [-0.2, -0.15) is 5.26 Å². The molecule has 2 aromatic rings. The zero-order valence-electron chi connectivity index (χ0n) is 7.94. The monoisotopic (exact) mass is 201 g/mol. The lowest BCUT2D eigenvalue weighted by Gasteiger charge is -2.00. The third kappa shape index (κ3) is 1.34. The molecule has 15 heavy (non-hydrogen) atoms. The van der Waals surface area contributed by atoms with Crippen LogP contribution in [0, 0.1) is 18.3 Å². The van der Waals surface area contributed by atoms with Crippen molar-refractivity contribution in [2.75, 3.05) is 0 Å². The summed E-state index contributed by atoms with van der Waals surface area (Å²) in [6.07, 6.45) is 0. The highest BCUT2D eigenvalue weighted by molar-refractivity contribution is 5.79. The van der Waals surface area contributed by atoms with Gasteiger partial charge in [-0.05, 0) is 19.1 Å². The van der Waals surface area contributed by atoms with Crippen molar-refractivity contribution in [2.24, 2.45) is 0 Å². The molecular formula is C11H7NO3. The first-order valence-electron chi connectivity index (χ1n) is 4.30. The van der Waals surface area contributed by atoms with Gasteiger partial charge in [0.1, 0.15) is 28.7 Å². The molecule has 0 bridgehead atoms. The molecule has 1 N–H and O–H groups in total. The van der Waals surface area contributed by atoms with Crippen LogP contribution in [0.5, 0.6) is 5.75 Å². The van der Waals surface area contributed by atoms with E-state index >= 15 is 0 Å². The molecule has 4 nitrogen and oxygen atoms in total. The molecule has 0 amide bonds. The maximum atomic E-state index is 11.7. The molecule has 2 rings (SSSR count). The van der Waals surface area contributed by atoms with Gasteiger partial charge in [-0.1, -0.05) is 0 Å². The molecule has 1 aromatic heterocycles. The van der Waals surface area contributed by atoms with Crippen molar-refractivity contribution in [3.63, 3.8) is 0 Å². The first-order valence-corrected chi connectivity index (χ1v) is 4.30. The predicted molar refractivity (Wildman–Crippen MR) is 53.6 cm³/mol. The van der Waals surface area contributed by atoms with Crippen LogP contribution < -0.4 is 5.43 Å². The molecular weight excluding hydrogens is 194 g/mol. The quantitative estimate of drug-likeness (QED) is 0.703. The number of nitrogens with zero attached hydrogens (tertiary/aromatic N) is 1. The van der Waals surface area contributed by atoms with E-state index in [0.29, 0.717) is 5.39 Å². The van der Waals surface area contributed by atoms with Crippen LogP contribution in [-0.2, 0) is 0 Å². The molecule has 0 saturated heterocycles. The fourth-order valence-corrected chi connectivity index (χ4v) is 1.42. The SMILES string of the molecule is Cc1oc2cc(O)ccc2c(=O)c1C#N. The second-order valence-electron chi connectivity index (χ2n) is 3.15. The third-order valence-electron chi connectivity index (χ3n) is 2.16. The Kier molecular flexibility index (Phi) is 1.94. The fraction of sp³-hybridized carbons (Fsp3) is 0.0909. The minimum atomic E-state index is -0.365. The molecule has 74 valence electrons. The Morgan fingerprint density at radius 1 is 1.47 bits per heavy atom. The van der Waals surface area contributed by atoms with Crippen LogP contribution in [0.4, 0.5) is 0 Å². The van der Waals surface area contributed by atoms with Gasteiger partial charge in [0.25, 0.3) is 0 Å².